The molecule has 1 amide bonds. The van der Waals surface area contributed by atoms with Gasteiger partial charge in [-0.1, -0.05) is 6.42 Å². The van der Waals surface area contributed by atoms with Crippen molar-refractivity contribution in [2.24, 2.45) is 0 Å². The van der Waals surface area contributed by atoms with Crippen molar-refractivity contribution < 1.29 is 13.6 Å². The standard InChI is InChI=1S/C20H22F2N6O2/c1-13-10-23-27(11-14-9-15(21)6-7-16(14)22)19(13)24-18(29)12-28-20(30)26-8-4-2-3-5-17(26)25-28/h6-7,9-10H,2-5,8,11-12H2,1H3,(H,24,29). The summed E-state index contributed by atoms with van der Waals surface area (Å²) in [6.45, 7) is 2.07. The number of nitrogens with one attached hydrogen (secondary N) is 1. The number of hydrogen-bond acceptors (Lipinski definition) is 4. The molecule has 0 saturated heterocycles. The third kappa shape index (κ3) is 4.03. The van der Waals surface area contributed by atoms with E-state index >= 15 is 0 Å². The van der Waals surface area contributed by atoms with E-state index in [-0.39, 0.29) is 24.3 Å². The molecule has 0 unspecified atom stereocenters. The van der Waals surface area contributed by atoms with Crippen molar-refractivity contribution >= 4 is 11.7 Å². The van der Waals surface area contributed by atoms with E-state index in [2.05, 4.69) is 15.5 Å². The van der Waals surface area contributed by atoms with Gasteiger partial charge in [0.1, 0.15) is 29.8 Å². The van der Waals surface area contributed by atoms with Gasteiger partial charge < -0.3 is 5.32 Å². The quantitative estimate of drug-likeness (QED) is 0.691. The topological polar surface area (TPSA) is 86.7 Å². The van der Waals surface area contributed by atoms with Gasteiger partial charge in [0.25, 0.3) is 0 Å². The van der Waals surface area contributed by atoms with Crippen LogP contribution in [0.2, 0.25) is 0 Å². The van der Waals surface area contributed by atoms with Crippen LogP contribution in [-0.4, -0.2) is 30.0 Å². The Morgan fingerprint density at radius 2 is 2.03 bits per heavy atom. The number of fused-ring (bicyclic) bond motifs is 1. The molecule has 0 atom stereocenters. The molecule has 1 aromatic carbocycles. The minimum atomic E-state index is -0.562. The van der Waals surface area contributed by atoms with E-state index < -0.39 is 17.5 Å². The van der Waals surface area contributed by atoms with Gasteiger partial charge in [-0.05, 0) is 38.0 Å². The van der Waals surface area contributed by atoms with E-state index in [4.69, 9.17) is 0 Å². The number of benzene rings is 1. The van der Waals surface area contributed by atoms with Gasteiger partial charge in [-0.2, -0.15) is 10.2 Å². The first-order chi connectivity index (χ1) is 14.4. The molecule has 1 aliphatic heterocycles. The maximum atomic E-state index is 14.0. The van der Waals surface area contributed by atoms with E-state index in [1.807, 2.05) is 0 Å². The van der Waals surface area contributed by atoms with Crippen LogP contribution in [0.15, 0.2) is 29.2 Å². The fraction of sp³-hybridized carbons (Fsp3) is 0.400. The van der Waals surface area contributed by atoms with Gasteiger partial charge >= 0.3 is 5.69 Å². The second kappa shape index (κ2) is 8.21. The predicted molar refractivity (Wildman–Crippen MR) is 105 cm³/mol. The zero-order chi connectivity index (χ0) is 21.3. The van der Waals surface area contributed by atoms with Gasteiger partial charge in [-0.25, -0.2) is 22.9 Å². The van der Waals surface area contributed by atoms with Crippen LogP contribution >= 0.6 is 0 Å². The largest absolute Gasteiger partial charge is 0.346 e. The minimum absolute atomic E-state index is 0.0498. The summed E-state index contributed by atoms with van der Waals surface area (Å²) in [6, 6.07) is 3.18. The first-order valence-electron chi connectivity index (χ1n) is 9.85. The normalized spacial score (nSPS) is 13.7. The van der Waals surface area contributed by atoms with Crippen molar-refractivity contribution in [2.45, 2.75) is 52.2 Å². The number of hydrogen-bond donors (Lipinski definition) is 1. The molecular formula is C20H22F2N6O2. The van der Waals surface area contributed by atoms with Crippen LogP contribution in [0.3, 0.4) is 0 Å². The number of carbonyl (C=O) groups is 1. The van der Waals surface area contributed by atoms with Gasteiger partial charge in [0.2, 0.25) is 5.91 Å². The van der Waals surface area contributed by atoms with Crippen LogP contribution in [0.25, 0.3) is 0 Å². The van der Waals surface area contributed by atoms with Crippen LogP contribution in [-0.2, 0) is 30.8 Å². The Kier molecular flexibility index (Phi) is 5.47. The lowest BCUT2D eigenvalue weighted by Gasteiger charge is -2.11. The van der Waals surface area contributed by atoms with Crippen LogP contribution in [0, 0.1) is 18.6 Å². The second-order valence-electron chi connectivity index (χ2n) is 7.44. The lowest BCUT2D eigenvalue weighted by Crippen LogP contribution is -2.30. The molecule has 2 aromatic heterocycles. The fourth-order valence-corrected chi connectivity index (χ4v) is 3.62. The highest BCUT2D eigenvalue weighted by Crippen LogP contribution is 2.18. The summed E-state index contributed by atoms with van der Waals surface area (Å²) in [5.74, 6) is -0.506. The molecule has 10 heteroatoms. The Morgan fingerprint density at radius 1 is 1.20 bits per heavy atom. The van der Waals surface area contributed by atoms with Crippen molar-refractivity contribution in [1.82, 2.24) is 24.1 Å². The van der Waals surface area contributed by atoms with Crippen molar-refractivity contribution in [3.63, 3.8) is 0 Å². The first kappa shape index (κ1) is 20.0. The third-order valence-corrected chi connectivity index (χ3v) is 5.18. The summed E-state index contributed by atoms with van der Waals surface area (Å²) in [5, 5.41) is 11.2. The number of aryl methyl sites for hydroxylation is 2. The molecule has 0 radical (unpaired) electrons. The van der Waals surface area contributed by atoms with E-state index in [0.29, 0.717) is 23.8 Å². The molecule has 4 rings (SSSR count). The first-order valence-corrected chi connectivity index (χ1v) is 9.85. The number of carbonyl (C=O) groups excluding carboxylic acids is 1. The maximum absolute atomic E-state index is 14.0. The molecule has 0 bridgehead atoms. The summed E-state index contributed by atoms with van der Waals surface area (Å²) < 4.78 is 31.6. The summed E-state index contributed by atoms with van der Waals surface area (Å²) in [7, 11) is 0. The lowest BCUT2D eigenvalue weighted by atomic mass is 10.2. The summed E-state index contributed by atoms with van der Waals surface area (Å²) in [5.41, 5.74) is 0.477. The number of halogens is 2. The Balaban J connectivity index is 1.51. The van der Waals surface area contributed by atoms with Gasteiger partial charge in [0.05, 0.1) is 12.7 Å². The van der Waals surface area contributed by atoms with E-state index in [1.165, 1.54) is 10.9 Å². The van der Waals surface area contributed by atoms with Gasteiger partial charge in [0, 0.05) is 24.1 Å². The average Bonchev–Trinajstić information content (AvgIpc) is 3.07. The summed E-state index contributed by atoms with van der Waals surface area (Å²) in [6.07, 6.45) is 5.18. The van der Waals surface area contributed by atoms with Crippen molar-refractivity contribution in [1.29, 1.82) is 0 Å². The molecule has 0 aliphatic carbocycles. The van der Waals surface area contributed by atoms with Crippen LogP contribution in [0.5, 0.6) is 0 Å². The number of rotatable bonds is 5. The molecule has 0 fully saturated rings. The SMILES string of the molecule is Cc1cnn(Cc2cc(F)ccc2F)c1NC(=O)Cn1nc2n(c1=O)CCCCC2. The van der Waals surface area contributed by atoms with Gasteiger partial charge in [-0.15, -0.1) is 0 Å². The number of aromatic nitrogens is 5. The molecule has 3 aromatic rings. The highest BCUT2D eigenvalue weighted by molar-refractivity contribution is 5.90. The third-order valence-electron chi connectivity index (χ3n) is 5.18. The monoisotopic (exact) mass is 416 g/mol. The zero-order valence-electron chi connectivity index (χ0n) is 16.6. The fourth-order valence-electron chi connectivity index (χ4n) is 3.62. The van der Waals surface area contributed by atoms with Crippen LogP contribution in [0.4, 0.5) is 14.6 Å². The van der Waals surface area contributed by atoms with Gasteiger partial charge in [-0.3, -0.25) is 9.36 Å². The summed E-state index contributed by atoms with van der Waals surface area (Å²) in [4.78, 5) is 25.1. The Labute approximate surface area is 171 Å². The molecule has 1 N–H and O–H groups in total. The highest BCUT2D eigenvalue weighted by atomic mass is 19.1. The molecule has 158 valence electrons. The van der Waals surface area contributed by atoms with Crippen molar-refractivity contribution in [3.05, 3.63) is 63.5 Å². The van der Waals surface area contributed by atoms with Gasteiger partial charge in [0.15, 0.2) is 0 Å². The van der Waals surface area contributed by atoms with Crippen LogP contribution in [0.1, 0.15) is 36.2 Å². The predicted octanol–water partition coefficient (Wildman–Crippen LogP) is 2.24. The molecule has 1 aliphatic rings. The number of anilines is 1. The minimum Gasteiger partial charge on any atom is -0.309 e. The molecule has 0 saturated carbocycles. The van der Waals surface area contributed by atoms with E-state index in [1.54, 1.807) is 11.5 Å². The zero-order valence-corrected chi connectivity index (χ0v) is 16.6. The Hall–Kier alpha value is -3.30. The molecule has 3 heterocycles. The maximum Gasteiger partial charge on any atom is 0.346 e. The Morgan fingerprint density at radius 3 is 2.87 bits per heavy atom. The second-order valence-corrected chi connectivity index (χ2v) is 7.44. The lowest BCUT2D eigenvalue weighted by molar-refractivity contribution is -0.117. The van der Waals surface area contributed by atoms with E-state index in [0.717, 1.165) is 48.6 Å². The molecule has 30 heavy (non-hydrogen) atoms. The highest BCUT2D eigenvalue weighted by Gasteiger charge is 2.19. The number of nitrogens with zero attached hydrogens (tertiary/aromatic N) is 5. The number of amides is 1. The van der Waals surface area contributed by atoms with Crippen molar-refractivity contribution in [2.75, 3.05) is 5.32 Å². The van der Waals surface area contributed by atoms with Crippen molar-refractivity contribution in [3.8, 4) is 0 Å². The average molecular weight is 416 g/mol. The Bertz CT molecular complexity index is 1150. The smallest absolute Gasteiger partial charge is 0.309 e. The molecule has 8 nitrogen and oxygen atoms in total. The molecule has 0 spiro atoms. The van der Waals surface area contributed by atoms with Crippen LogP contribution < -0.4 is 11.0 Å². The summed E-state index contributed by atoms with van der Waals surface area (Å²) >= 11 is 0. The van der Waals surface area contributed by atoms with E-state index in [9.17, 15) is 18.4 Å². The molecular weight excluding hydrogens is 394 g/mol.